The SMILES string of the molecule is NC(=O)CCC(NC(=O)C(CC(N)=O)NC(=O)C(N)CC(=O)O)C(=O)NC(Cc1cnc[nH]1)C(=O)O. The van der Waals surface area contributed by atoms with Crippen LogP contribution in [0, 0.1) is 0 Å². The van der Waals surface area contributed by atoms with Crippen LogP contribution < -0.4 is 33.2 Å². The van der Waals surface area contributed by atoms with Crippen LogP contribution in [0.4, 0.5) is 0 Å². The summed E-state index contributed by atoms with van der Waals surface area (Å²) in [5, 5.41) is 24.7. The molecule has 0 fully saturated rings. The number of amides is 5. The molecule has 36 heavy (non-hydrogen) atoms. The molecular formula is C19H28N8O9. The quantitative estimate of drug-likeness (QED) is 0.101. The van der Waals surface area contributed by atoms with Crippen LogP contribution in [0.25, 0.3) is 0 Å². The first-order chi connectivity index (χ1) is 16.8. The molecule has 0 aromatic carbocycles. The van der Waals surface area contributed by atoms with Gasteiger partial charge >= 0.3 is 11.9 Å². The normalized spacial score (nSPS) is 13.9. The molecule has 5 amide bonds. The Morgan fingerprint density at radius 2 is 1.44 bits per heavy atom. The molecule has 0 saturated carbocycles. The number of H-pyrrole nitrogens is 1. The van der Waals surface area contributed by atoms with Crippen molar-refractivity contribution in [3.8, 4) is 0 Å². The number of carbonyl (C=O) groups is 7. The summed E-state index contributed by atoms with van der Waals surface area (Å²) in [5.74, 6) is -7.81. The van der Waals surface area contributed by atoms with Crippen LogP contribution in [0.1, 0.15) is 31.4 Å². The first-order valence-electron chi connectivity index (χ1n) is 10.4. The van der Waals surface area contributed by atoms with E-state index in [1.54, 1.807) is 0 Å². The molecule has 1 aromatic heterocycles. The minimum atomic E-state index is -1.65. The first kappa shape index (κ1) is 29.5. The smallest absolute Gasteiger partial charge is 0.326 e. The zero-order chi connectivity index (χ0) is 27.4. The molecule has 0 aliphatic rings. The lowest BCUT2D eigenvalue weighted by atomic mass is 10.1. The predicted molar refractivity (Wildman–Crippen MR) is 118 cm³/mol. The molecule has 4 atom stereocenters. The van der Waals surface area contributed by atoms with Crippen LogP contribution in [0.2, 0.25) is 0 Å². The Labute approximate surface area is 203 Å². The molecule has 0 spiro atoms. The fourth-order valence-electron chi connectivity index (χ4n) is 2.89. The van der Waals surface area contributed by atoms with Crippen LogP contribution in [0.3, 0.4) is 0 Å². The van der Waals surface area contributed by atoms with Crippen molar-refractivity contribution in [2.24, 2.45) is 17.2 Å². The summed E-state index contributed by atoms with van der Waals surface area (Å²) >= 11 is 0. The van der Waals surface area contributed by atoms with Gasteiger partial charge in [0.2, 0.25) is 29.5 Å². The Bertz CT molecular complexity index is 982. The number of carbonyl (C=O) groups excluding carboxylic acids is 5. The van der Waals surface area contributed by atoms with Gasteiger partial charge in [-0.2, -0.15) is 0 Å². The number of hydrogen-bond acceptors (Lipinski definition) is 9. The summed E-state index contributed by atoms with van der Waals surface area (Å²) in [6.45, 7) is 0. The van der Waals surface area contributed by atoms with E-state index >= 15 is 0 Å². The van der Waals surface area contributed by atoms with Gasteiger partial charge in [0.05, 0.1) is 25.2 Å². The molecule has 0 saturated heterocycles. The monoisotopic (exact) mass is 512 g/mol. The van der Waals surface area contributed by atoms with Gasteiger partial charge in [0.15, 0.2) is 0 Å². The van der Waals surface area contributed by atoms with Crippen molar-refractivity contribution in [1.29, 1.82) is 0 Å². The third-order valence-electron chi connectivity index (χ3n) is 4.68. The van der Waals surface area contributed by atoms with Gasteiger partial charge in [0.25, 0.3) is 0 Å². The predicted octanol–water partition coefficient (Wildman–Crippen LogP) is -4.57. The Balaban J connectivity index is 3.02. The molecule has 1 heterocycles. The fourth-order valence-corrected chi connectivity index (χ4v) is 2.89. The highest BCUT2D eigenvalue weighted by atomic mass is 16.4. The van der Waals surface area contributed by atoms with E-state index in [2.05, 4.69) is 25.9 Å². The number of nitrogens with two attached hydrogens (primary N) is 3. The topological polar surface area (TPSA) is 303 Å². The number of hydrogen-bond donors (Lipinski definition) is 9. The summed E-state index contributed by atoms with van der Waals surface area (Å²) in [6.07, 6.45) is 0.236. The Kier molecular flexibility index (Phi) is 11.5. The van der Waals surface area contributed by atoms with E-state index in [0.717, 1.165) is 0 Å². The number of primary amides is 2. The maximum absolute atomic E-state index is 12.8. The van der Waals surface area contributed by atoms with Crippen LogP contribution in [0.15, 0.2) is 12.5 Å². The van der Waals surface area contributed by atoms with Gasteiger partial charge in [0, 0.05) is 24.7 Å². The molecule has 1 aromatic rings. The molecule has 0 radical (unpaired) electrons. The van der Waals surface area contributed by atoms with Gasteiger partial charge < -0.3 is 48.3 Å². The average molecular weight is 512 g/mol. The average Bonchev–Trinajstić information content (AvgIpc) is 3.27. The van der Waals surface area contributed by atoms with Gasteiger partial charge in [-0.25, -0.2) is 9.78 Å². The third-order valence-corrected chi connectivity index (χ3v) is 4.68. The lowest BCUT2D eigenvalue weighted by Crippen LogP contribution is -2.58. The van der Waals surface area contributed by atoms with Gasteiger partial charge in [-0.15, -0.1) is 0 Å². The largest absolute Gasteiger partial charge is 0.481 e. The highest BCUT2D eigenvalue weighted by molar-refractivity contribution is 5.96. The summed E-state index contributed by atoms with van der Waals surface area (Å²) < 4.78 is 0. The Morgan fingerprint density at radius 1 is 0.861 bits per heavy atom. The number of aromatic nitrogens is 2. The van der Waals surface area contributed by atoms with Crippen LogP contribution in [-0.2, 0) is 40.0 Å². The molecule has 12 N–H and O–H groups in total. The van der Waals surface area contributed by atoms with Crippen molar-refractivity contribution in [2.45, 2.75) is 56.3 Å². The van der Waals surface area contributed by atoms with E-state index in [1.807, 2.05) is 0 Å². The minimum Gasteiger partial charge on any atom is -0.481 e. The Hall–Kier alpha value is -4.54. The number of nitrogens with one attached hydrogen (secondary N) is 4. The number of carboxylic acids is 2. The lowest BCUT2D eigenvalue weighted by Gasteiger charge is -2.24. The van der Waals surface area contributed by atoms with E-state index in [-0.39, 0.29) is 19.3 Å². The lowest BCUT2D eigenvalue weighted by molar-refractivity contribution is -0.142. The summed E-state index contributed by atoms with van der Waals surface area (Å²) in [7, 11) is 0. The van der Waals surface area contributed by atoms with Crippen molar-refractivity contribution in [3.63, 3.8) is 0 Å². The van der Waals surface area contributed by atoms with Crippen LogP contribution in [0.5, 0.6) is 0 Å². The van der Waals surface area contributed by atoms with Gasteiger partial charge in [-0.05, 0) is 6.42 Å². The van der Waals surface area contributed by atoms with Crippen molar-refractivity contribution in [3.05, 3.63) is 18.2 Å². The van der Waals surface area contributed by atoms with E-state index < -0.39 is 78.5 Å². The van der Waals surface area contributed by atoms with Gasteiger partial charge in [0.1, 0.15) is 18.1 Å². The molecule has 17 heteroatoms. The number of aromatic amines is 1. The number of aliphatic carboxylic acids is 2. The molecule has 1 rings (SSSR count). The van der Waals surface area contributed by atoms with E-state index in [9.17, 15) is 38.7 Å². The second kappa shape index (κ2) is 14.0. The van der Waals surface area contributed by atoms with Gasteiger partial charge in [-0.1, -0.05) is 0 Å². The summed E-state index contributed by atoms with van der Waals surface area (Å²) in [6, 6.07) is -6.16. The zero-order valence-electron chi connectivity index (χ0n) is 18.9. The number of nitrogens with zero attached hydrogens (tertiary/aromatic N) is 1. The number of imidazole rings is 1. The van der Waals surface area contributed by atoms with Crippen LogP contribution >= 0.6 is 0 Å². The molecule has 0 bridgehead atoms. The van der Waals surface area contributed by atoms with Gasteiger partial charge in [-0.3, -0.25) is 28.8 Å². The maximum Gasteiger partial charge on any atom is 0.326 e. The van der Waals surface area contributed by atoms with Crippen LogP contribution in [-0.4, -0.2) is 85.8 Å². The summed E-state index contributed by atoms with van der Waals surface area (Å²) in [5.41, 5.74) is 16.1. The number of carboxylic acid groups (broad SMARTS) is 2. The molecule has 198 valence electrons. The molecule has 0 aliphatic heterocycles. The molecular weight excluding hydrogens is 484 g/mol. The van der Waals surface area contributed by atoms with Crippen molar-refractivity contribution in [2.75, 3.05) is 0 Å². The third kappa shape index (κ3) is 10.6. The Morgan fingerprint density at radius 3 is 1.94 bits per heavy atom. The maximum atomic E-state index is 12.8. The zero-order valence-corrected chi connectivity index (χ0v) is 18.9. The van der Waals surface area contributed by atoms with Crippen molar-refractivity contribution < 1.29 is 43.8 Å². The van der Waals surface area contributed by atoms with Crippen molar-refractivity contribution in [1.82, 2.24) is 25.9 Å². The second-order valence-electron chi connectivity index (χ2n) is 7.68. The van der Waals surface area contributed by atoms with E-state index in [1.165, 1.54) is 12.5 Å². The molecule has 0 aliphatic carbocycles. The van der Waals surface area contributed by atoms with Crippen molar-refractivity contribution >= 4 is 41.5 Å². The summed E-state index contributed by atoms with van der Waals surface area (Å²) in [4.78, 5) is 89.1. The standard InChI is InChI=1S/C19H28N8O9/c20-9(4-15(30)31)16(32)26-11(5-14(22)29)18(34)25-10(1-2-13(21)28)17(33)27-12(19(35)36)3-8-6-23-7-24-8/h6-7,9-12H,1-5,20H2,(H2,21,28)(H2,22,29)(H,23,24)(H,25,34)(H,26,32)(H,27,33)(H,30,31)(H,35,36). The second-order valence-corrected chi connectivity index (χ2v) is 7.68. The van der Waals surface area contributed by atoms with E-state index in [4.69, 9.17) is 22.3 Å². The molecule has 17 nitrogen and oxygen atoms in total. The number of rotatable bonds is 16. The highest BCUT2D eigenvalue weighted by Crippen LogP contribution is 2.05. The minimum absolute atomic E-state index is 0.181. The fraction of sp³-hybridized carbons (Fsp3) is 0.474. The highest BCUT2D eigenvalue weighted by Gasteiger charge is 2.31. The first-order valence-corrected chi connectivity index (χ1v) is 10.4. The van der Waals surface area contributed by atoms with E-state index in [0.29, 0.717) is 5.69 Å². The molecule has 4 unspecified atom stereocenters.